The number of ether oxygens (including phenoxy) is 1. The number of anilines is 3. The third-order valence-corrected chi connectivity index (χ3v) is 5.68. The van der Waals surface area contributed by atoms with Crippen LogP contribution in [0.2, 0.25) is 0 Å². The fourth-order valence-electron chi connectivity index (χ4n) is 3.84. The zero-order valence-electron chi connectivity index (χ0n) is 19.1. The summed E-state index contributed by atoms with van der Waals surface area (Å²) in [6, 6.07) is 0.297. The highest BCUT2D eigenvalue weighted by Crippen LogP contribution is 2.28. The van der Waals surface area contributed by atoms with E-state index in [9.17, 15) is 13.6 Å². The summed E-state index contributed by atoms with van der Waals surface area (Å²) in [6.45, 7) is 4.51. The number of halogens is 2. The molecular formula is C22H28F2N8O2. The summed E-state index contributed by atoms with van der Waals surface area (Å²) in [5.41, 5.74) is 1.22. The van der Waals surface area contributed by atoms with Crippen LogP contribution in [0.25, 0.3) is 0 Å². The molecule has 2 aliphatic rings. The number of hydrogen-bond acceptors (Lipinski definition) is 8. The van der Waals surface area contributed by atoms with Gasteiger partial charge in [0.15, 0.2) is 0 Å². The first-order valence-corrected chi connectivity index (χ1v) is 11.1. The fourth-order valence-corrected chi connectivity index (χ4v) is 3.84. The summed E-state index contributed by atoms with van der Waals surface area (Å²) in [5.74, 6) is 0.244. The van der Waals surface area contributed by atoms with Crippen molar-refractivity contribution in [2.45, 2.75) is 32.2 Å². The van der Waals surface area contributed by atoms with E-state index in [0.717, 1.165) is 37.1 Å². The van der Waals surface area contributed by atoms with Gasteiger partial charge in [0, 0.05) is 38.2 Å². The largest absolute Gasteiger partial charge is 0.418 e. The van der Waals surface area contributed by atoms with Gasteiger partial charge in [-0.1, -0.05) is 0 Å². The van der Waals surface area contributed by atoms with Crippen molar-refractivity contribution in [3.8, 4) is 0 Å². The standard InChI is InChI=1S/C22H28F2N8O2/c1-15-18(14-32(29-15)16-6-10-30(2)13-16)27-21-26-12-17(19(23)24)20(28-21)25-7-5-9-31-8-3-4-11-34-22(31)33/h3-4,8,11-12,14,16,19H,5-7,9-10,13H2,1-2H3,(H2,25,26,27,28). The quantitative estimate of drug-likeness (QED) is 0.529. The second-order valence-corrected chi connectivity index (χ2v) is 8.26. The van der Waals surface area contributed by atoms with Crippen LogP contribution >= 0.6 is 0 Å². The van der Waals surface area contributed by atoms with Gasteiger partial charge in [-0.25, -0.2) is 18.6 Å². The molecule has 0 saturated carbocycles. The Morgan fingerprint density at radius 1 is 1.32 bits per heavy atom. The van der Waals surface area contributed by atoms with Gasteiger partial charge in [0.25, 0.3) is 6.43 Å². The van der Waals surface area contributed by atoms with Gasteiger partial charge in [-0.2, -0.15) is 10.1 Å². The van der Waals surface area contributed by atoms with Gasteiger partial charge >= 0.3 is 6.09 Å². The molecule has 34 heavy (non-hydrogen) atoms. The minimum Gasteiger partial charge on any atom is -0.418 e. The first kappa shape index (κ1) is 23.6. The molecule has 0 spiro atoms. The Morgan fingerprint density at radius 3 is 2.94 bits per heavy atom. The van der Waals surface area contributed by atoms with Crippen molar-refractivity contribution in [2.75, 3.05) is 43.9 Å². The van der Waals surface area contributed by atoms with Gasteiger partial charge in [0.2, 0.25) is 5.95 Å². The number of cyclic esters (lactones) is 1. The fraction of sp³-hybridized carbons (Fsp3) is 0.455. The highest BCUT2D eigenvalue weighted by molar-refractivity contribution is 5.70. The zero-order valence-corrected chi connectivity index (χ0v) is 19.1. The number of alkyl halides is 2. The first-order valence-electron chi connectivity index (χ1n) is 11.1. The van der Waals surface area contributed by atoms with Gasteiger partial charge in [-0.15, -0.1) is 0 Å². The average molecular weight is 475 g/mol. The molecule has 1 atom stereocenters. The van der Waals surface area contributed by atoms with E-state index in [-0.39, 0.29) is 17.3 Å². The van der Waals surface area contributed by atoms with E-state index in [1.807, 2.05) is 17.8 Å². The predicted molar refractivity (Wildman–Crippen MR) is 123 cm³/mol. The number of hydrogen-bond donors (Lipinski definition) is 2. The summed E-state index contributed by atoms with van der Waals surface area (Å²) in [4.78, 5) is 23.8. The molecule has 0 bridgehead atoms. The van der Waals surface area contributed by atoms with Crippen molar-refractivity contribution >= 4 is 23.5 Å². The van der Waals surface area contributed by atoms with Crippen LogP contribution < -0.4 is 10.6 Å². The summed E-state index contributed by atoms with van der Waals surface area (Å²) in [7, 11) is 2.08. The number of rotatable bonds is 9. The van der Waals surface area contributed by atoms with Crippen molar-refractivity contribution in [1.82, 2.24) is 29.5 Å². The lowest BCUT2D eigenvalue weighted by Crippen LogP contribution is -2.27. The summed E-state index contributed by atoms with van der Waals surface area (Å²) >= 11 is 0. The lowest BCUT2D eigenvalue weighted by atomic mass is 10.3. The van der Waals surface area contributed by atoms with Gasteiger partial charge in [-0.3, -0.25) is 9.58 Å². The van der Waals surface area contributed by atoms with Crippen LogP contribution in [-0.2, 0) is 4.74 Å². The molecule has 2 aliphatic heterocycles. The van der Waals surface area contributed by atoms with Crippen LogP contribution in [-0.4, -0.2) is 68.9 Å². The van der Waals surface area contributed by atoms with Gasteiger partial charge < -0.3 is 20.3 Å². The lowest BCUT2D eigenvalue weighted by molar-refractivity contribution is 0.151. The molecular weight excluding hydrogens is 446 g/mol. The van der Waals surface area contributed by atoms with Gasteiger partial charge in [0.1, 0.15) is 5.82 Å². The van der Waals surface area contributed by atoms with Crippen molar-refractivity contribution in [2.24, 2.45) is 0 Å². The van der Waals surface area contributed by atoms with Crippen molar-refractivity contribution in [3.05, 3.63) is 48.3 Å². The van der Waals surface area contributed by atoms with Gasteiger partial charge in [-0.05, 0) is 45.5 Å². The molecule has 2 aromatic heterocycles. The number of nitrogens with one attached hydrogen (secondary N) is 2. The van der Waals surface area contributed by atoms with Crippen molar-refractivity contribution in [1.29, 1.82) is 0 Å². The van der Waals surface area contributed by atoms with Crippen LogP contribution in [0.15, 0.2) is 37.0 Å². The molecule has 0 aliphatic carbocycles. The van der Waals surface area contributed by atoms with Crippen LogP contribution in [0.4, 0.5) is 31.0 Å². The molecule has 1 amide bonds. The average Bonchev–Trinajstić information content (AvgIpc) is 3.33. The topological polar surface area (TPSA) is 100 Å². The smallest absolute Gasteiger partial charge is 0.418 e. The van der Waals surface area contributed by atoms with Crippen LogP contribution in [0.1, 0.15) is 36.6 Å². The molecule has 2 aromatic rings. The number of likely N-dealkylation sites (N-methyl/N-ethyl adjacent to an activating group) is 1. The van der Waals surface area contributed by atoms with E-state index >= 15 is 0 Å². The molecule has 4 rings (SSSR count). The Labute approximate surface area is 196 Å². The first-order chi connectivity index (χ1) is 16.4. The number of carbonyl (C=O) groups is 1. The Bertz CT molecular complexity index is 1070. The summed E-state index contributed by atoms with van der Waals surface area (Å²) in [5, 5.41) is 10.6. The number of likely N-dealkylation sites (tertiary alicyclic amines) is 1. The minimum atomic E-state index is -2.73. The Balaban J connectivity index is 1.40. The minimum absolute atomic E-state index is 0.0469. The third-order valence-electron chi connectivity index (χ3n) is 5.68. The van der Waals surface area contributed by atoms with Gasteiger partial charge in [0.05, 0.1) is 29.2 Å². The molecule has 0 radical (unpaired) electrons. The lowest BCUT2D eigenvalue weighted by Gasteiger charge is -2.16. The Hall–Kier alpha value is -3.54. The van der Waals surface area contributed by atoms with E-state index in [4.69, 9.17) is 4.74 Å². The molecule has 1 saturated heterocycles. The maximum Gasteiger partial charge on any atom is 0.418 e. The molecule has 2 N–H and O–H groups in total. The van der Waals surface area contributed by atoms with Crippen LogP contribution in [0.3, 0.4) is 0 Å². The van der Waals surface area contributed by atoms with E-state index in [0.29, 0.717) is 25.6 Å². The second-order valence-electron chi connectivity index (χ2n) is 8.26. The van der Waals surface area contributed by atoms with E-state index < -0.39 is 12.5 Å². The molecule has 1 fully saturated rings. The molecule has 1 unspecified atom stereocenters. The molecule has 10 nitrogen and oxygen atoms in total. The van der Waals surface area contributed by atoms with Crippen molar-refractivity contribution < 1.29 is 18.3 Å². The monoisotopic (exact) mass is 474 g/mol. The number of carbonyl (C=O) groups excluding carboxylic acids is 1. The normalized spacial score (nSPS) is 18.4. The molecule has 12 heteroatoms. The number of aryl methyl sites for hydroxylation is 1. The van der Waals surface area contributed by atoms with Crippen molar-refractivity contribution in [3.63, 3.8) is 0 Å². The second kappa shape index (κ2) is 10.6. The number of allylic oxidation sites excluding steroid dienone is 2. The highest BCUT2D eigenvalue weighted by atomic mass is 19.3. The Kier molecular flexibility index (Phi) is 7.36. The van der Waals surface area contributed by atoms with Crippen LogP contribution in [0.5, 0.6) is 0 Å². The van der Waals surface area contributed by atoms with E-state index in [2.05, 4.69) is 37.6 Å². The number of aromatic nitrogens is 4. The SMILES string of the molecule is Cc1nn(C2CCN(C)C2)cc1Nc1ncc(C(F)F)c(NCCCN2C=CC=COC2=O)n1. The zero-order chi connectivity index (χ0) is 24.1. The van der Waals surface area contributed by atoms with E-state index in [1.165, 1.54) is 11.2 Å². The molecule has 182 valence electrons. The summed E-state index contributed by atoms with van der Waals surface area (Å²) in [6.07, 6.45) is 7.52. The molecule has 0 aromatic carbocycles. The number of nitrogens with zero attached hydrogens (tertiary/aromatic N) is 6. The number of amides is 1. The third kappa shape index (κ3) is 5.68. The van der Waals surface area contributed by atoms with E-state index in [1.54, 1.807) is 18.4 Å². The predicted octanol–water partition coefficient (Wildman–Crippen LogP) is 3.82. The maximum atomic E-state index is 13.5. The molecule has 4 heterocycles. The van der Waals surface area contributed by atoms with Crippen LogP contribution in [0, 0.1) is 6.92 Å². The maximum absolute atomic E-state index is 13.5. The summed E-state index contributed by atoms with van der Waals surface area (Å²) < 4.78 is 33.8. The highest BCUT2D eigenvalue weighted by Gasteiger charge is 2.23. The Morgan fingerprint density at radius 2 is 2.18 bits per heavy atom.